The van der Waals surface area contributed by atoms with Crippen LogP contribution in [0.3, 0.4) is 0 Å². The molecule has 0 aromatic heterocycles. The lowest BCUT2D eigenvalue weighted by molar-refractivity contribution is -0.116. The van der Waals surface area contributed by atoms with Gasteiger partial charge in [0.05, 0.1) is 6.54 Å². The number of carbonyl (C=O) groups is 1. The van der Waals surface area contributed by atoms with Gasteiger partial charge in [0, 0.05) is 6.54 Å². The van der Waals surface area contributed by atoms with Crippen molar-refractivity contribution in [3.63, 3.8) is 0 Å². The maximum atomic E-state index is 12.7. The Balaban J connectivity index is 2.41. The molecule has 1 aromatic rings. The monoisotopic (exact) mass is 181 g/mol. The summed E-state index contributed by atoms with van der Waals surface area (Å²) in [5.74, 6) is -0.168. The predicted molar refractivity (Wildman–Crippen MR) is 48.8 cm³/mol. The van der Waals surface area contributed by atoms with Crippen molar-refractivity contribution in [2.75, 3.05) is 6.54 Å². The highest BCUT2D eigenvalue weighted by Gasteiger charge is 1.95. The summed E-state index contributed by atoms with van der Waals surface area (Å²) >= 11 is 0. The molecule has 0 aliphatic carbocycles. The molecular formula is C10H12FNO. The van der Waals surface area contributed by atoms with Crippen molar-refractivity contribution >= 4 is 5.78 Å². The van der Waals surface area contributed by atoms with Crippen LogP contribution in [0.15, 0.2) is 24.3 Å². The van der Waals surface area contributed by atoms with Gasteiger partial charge >= 0.3 is 0 Å². The maximum absolute atomic E-state index is 12.7. The number of ketones is 1. The standard InChI is InChI=1S/C10H12FNO/c1-8(13)6-12-7-9-3-2-4-10(11)5-9/h2-5,12H,6-7H2,1H3. The first-order valence-corrected chi connectivity index (χ1v) is 4.13. The number of rotatable bonds is 4. The number of carbonyl (C=O) groups excluding carboxylic acids is 1. The molecule has 0 saturated heterocycles. The van der Waals surface area contributed by atoms with Crippen LogP contribution in [-0.2, 0) is 11.3 Å². The van der Waals surface area contributed by atoms with Gasteiger partial charge in [-0.25, -0.2) is 4.39 Å². The molecule has 0 saturated carbocycles. The van der Waals surface area contributed by atoms with E-state index in [0.717, 1.165) is 5.56 Å². The van der Waals surface area contributed by atoms with Crippen molar-refractivity contribution < 1.29 is 9.18 Å². The summed E-state index contributed by atoms with van der Waals surface area (Å²) in [6.07, 6.45) is 0. The summed E-state index contributed by atoms with van der Waals surface area (Å²) in [7, 11) is 0. The number of benzene rings is 1. The van der Waals surface area contributed by atoms with Crippen molar-refractivity contribution in [1.82, 2.24) is 5.32 Å². The van der Waals surface area contributed by atoms with Crippen molar-refractivity contribution in [2.24, 2.45) is 0 Å². The van der Waals surface area contributed by atoms with E-state index in [-0.39, 0.29) is 11.6 Å². The number of hydrogen-bond acceptors (Lipinski definition) is 2. The van der Waals surface area contributed by atoms with Gasteiger partial charge in [0.1, 0.15) is 11.6 Å². The zero-order chi connectivity index (χ0) is 9.68. The van der Waals surface area contributed by atoms with E-state index in [2.05, 4.69) is 5.32 Å². The molecule has 0 fully saturated rings. The average Bonchev–Trinajstić information content (AvgIpc) is 2.03. The molecule has 1 rings (SSSR count). The van der Waals surface area contributed by atoms with E-state index in [4.69, 9.17) is 0 Å². The first-order chi connectivity index (χ1) is 6.18. The smallest absolute Gasteiger partial charge is 0.143 e. The fourth-order valence-corrected chi connectivity index (χ4v) is 1.03. The zero-order valence-corrected chi connectivity index (χ0v) is 7.51. The molecule has 1 N–H and O–H groups in total. The Hall–Kier alpha value is -1.22. The summed E-state index contributed by atoms with van der Waals surface area (Å²) in [5.41, 5.74) is 0.848. The van der Waals surface area contributed by atoms with Gasteiger partial charge in [-0.1, -0.05) is 12.1 Å². The average molecular weight is 181 g/mol. The van der Waals surface area contributed by atoms with E-state index in [1.54, 1.807) is 6.07 Å². The molecule has 0 atom stereocenters. The number of nitrogens with one attached hydrogen (secondary N) is 1. The van der Waals surface area contributed by atoms with Crippen molar-refractivity contribution in [1.29, 1.82) is 0 Å². The highest BCUT2D eigenvalue weighted by molar-refractivity contribution is 5.77. The summed E-state index contributed by atoms with van der Waals surface area (Å²) in [6, 6.07) is 6.32. The molecule has 0 amide bonds. The highest BCUT2D eigenvalue weighted by Crippen LogP contribution is 2.02. The lowest BCUT2D eigenvalue weighted by atomic mass is 10.2. The Morgan fingerprint density at radius 2 is 2.31 bits per heavy atom. The highest BCUT2D eigenvalue weighted by atomic mass is 19.1. The van der Waals surface area contributed by atoms with Crippen LogP contribution in [0.2, 0.25) is 0 Å². The first-order valence-electron chi connectivity index (χ1n) is 4.13. The molecule has 0 radical (unpaired) electrons. The van der Waals surface area contributed by atoms with Crippen LogP contribution in [0, 0.1) is 5.82 Å². The van der Waals surface area contributed by atoms with Crippen LogP contribution in [0.25, 0.3) is 0 Å². The molecule has 0 heterocycles. The second kappa shape index (κ2) is 4.72. The molecule has 13 heavy (non-hydrogen) atoms. The topological polar surface area (TPSA) is 29.1 Å². The van der Waals surface area contributed by atoms with Crippen LogP contribution in [0.4, 0.5) is 4.39 Å². The number of halogens is 1. The molecule has 1 aromatic carbocycles. The second-order valence-corrected chi connectivity index (χ2v) is 2.94. The Kier molecular flexibility index (Phi) is 3.58. The van der Waals surface area contributed by atoms with Crippen LogP contribution < -0.4 is 5.32 Å². The molecule has 2 nitrogen and oxygen atoms in total. The summed E-state index contributed by atoms with van der Waals surface area (Å²) in [5, 5.41) is 2.91. The van der Waals surface area contributed by atoms with Gasteiger partial charge in [0.25, 0.3) is 0 Å². The Bertz CT molecular complexity index is 299. The third-order valence-corrected chi connectivity index (χ3v) is 1.59. The van der Waals surface area contributed by atoms with Crippen LogP contribution in [0.1, 0.15) is 12.5 Å². The minimum absolute atomic E-state index is 0.0800. The zero-order valence-electron chi connectivity index (χ0n) is 7.51. The van der Waals surface area contributed by atoms with Gasteiger partial charge < -0.3 is 5.32 Å². The van der Waals surface area contributed by atoms with Gasteiger partial charge in [-0.05, 0) is 24.6 Å². The molecule has 70 valence electrons. The van der Waals surface area contributed by atoms with Crippen molar-refractivity contribution in [3.05, 3.63) is 35.6 Å². The molecule has 0 aliphatic rings. The third kappa shape index (κ3) is 3.80. The molecule has 0 bridgehead atoms. The molecule has 0 aliphatic heterocycles. The minimum Gasteiger partial charge on any atom is -0.306 e. The fourth-order valence-electron chi connectivity index (χ4n) is 1.03. The van der Waals surface area contributed by atoms with E-state index >= 15 is 0 Å². The van der Waals surface area contributed by atoms with Gasteiger partial charge in [-0.15, -0.1) is 0 Å². The van der Waals surface area contributed by atoms with Gasteiger partial charge in [0.15, 0.2) is 0 Å². The fraction of sp³-hybridized carbons (Fsp3) is 0.300. The minimum atomic E-state index is -0.248. The Labute approximate surface area is 76.8 Å². The third-order valence-electron chi connectivity index (χ3n) is 1.59. The Morgan fingerprint density at radius 1 is 1.54 bits per heavy atom. The Morgan fingerprint density at radius 3 is 2.92 bits per heavy atom. The normalized spacial score (nSPS) is 10.0. The maximum Gasteiger partial charge on any atom is 0.143 e. The molecule has 0 unspecified atom stereocenters. The summed E-state index contributed by atoms with van der Waals surface area (Å²) < 4.78 is 12.7. The SMILES string of the molecule is CC(=O)CNCc1cccc(F)c1. The van der Waals surface area contributed by atoms with Crippen molar-refractivity contribution in [2.45, 2.75) is 13.5 Å². The molecule has 0 spiro atoms. The predicted octanol–water partition coefficient (Wildman–Crippen LogP) is 1.50. The van der Waals surface area contributed by atoms with Crippen LogP contribution >= 0.6 is 0 Å². The van der Waals surface area contributed by atoms with E-state index in [1.807, 2.05) is 6.07 Å². The lowest BCUT2D eigenvalue weighted by Crippen LogP contribution is -2.20. The number of Topliss-reactive ketones (excluding diaryl/α,β-unsaturated/α-hetero) is 1. The van der Waals surface area contributed by atoms with Crippen LogP contribution in [0.5, 0.6) is 0 Å². The summed E-state index contributed by atoms with van der Waals surface area (Å²) in [6.45, 7) is 2.37. The van der Waals surface area contributed by atoms with Gasteiger partial charge in [-0.2, -0.15) is 0 Å². The van der Waals surface area contributed by atoms with E-state index in [0.29, 0.717) is 13.1 Å². The molecular weight excluding hydrogens is 169 g/mol. The quantitative estimate of drug-likeness (QED) is 0.762. The van der Waals surface area contributed by atoms with E-state index < -0.39 is 0 Å². The number of hydrogen-bond donors (Lipinski definition) is 1. The van der Waals surface area contributed by atoms with Gasteiger partial charge in [-0.3, -0.25) is 4.79 Å². The first kappa shape index (κ1) is 9.86. The van der Waals surface area contributed by atoms with Crippen molar-refractivity contribution in [3.8, 4) is 0 Å². The van der Waals surface area contributed by atoms with Gasteiger partial charge in [0.2, 0.25) is 0 Å². The second-order valence-electron chi connectivity index (χ2n) is 2.94. The lowest BCUT2D eigenvalue weighted by Gasteiger charge is -2.01. The van der Waals surface area contributed by atoms with E-state index in [1.165, 1.54) is 19.1 Å². The van der Waals surface area contributed by atoms with Crippen LogP contribution in [-0.4, -0.2) is 12.3 Å². The molecule has 3 heteroatoms. The largest absolute Gasteiger partial charge is 0.306 e. The summed E-state index contributed by atoms with van der Waals surface area (Å²) in [4.78, 5) is 10.6. The van der Waals surface area contributed by atoms with E-state index in [9.17, 15) is 9.18 Å².